The highest BCUT2D eigenvalue weighted by atomic mass is 127. The van der Waals surface area contributed by atoms with Gasteiger partial charge in [0.25, 0.3) is 0 Å². The molecule has 0 aliphatic carbocycles. The third kappa shape index (κ3) is 6.03. The van der Waals surface area contributed by atoms with E-state index in [0.29, 0.717) is 18.6 Å². The van der Waals surface area contributed by atoms with Gasteiger partial charge in [-0.05, 0) is 30.5 Å². The van der Waals surface area contributed by atoms with Crippen molar-refractivity contribution in [3.8, 4) is 0 Å². The average Bonchev–Trinajstić information content (AvgIpc) is 2.88. The molecular formula is C18H23F4IN6. The minimum Gasteiger partial charge on any atom is -0.352 e. The van der Waals surface area contributed by atoms with Crippen molar-refractivity contribution in [1.29, 1.82) is 0 Å². The summed E-state index contributed by atoms with van der Waals surface area (Å²) in [6.45, 7) is 1.06. The molecule has 2 N–H and O–H groups in total. The number of alkyl halides is 3. The van der Waals surface area contributed by atoms with E-state index in [2.05, 4.69) is 30.4 Å². The maximum atomic E-state index is 13.2. The Hall–Kier alpha value is -1.92. The van der Waals surface area contributed by atoms with E-state index in [4.69, 9.17) is 0 Å². The van der Waals surface area contributed by atoms with Gasteiger partial charge in [0.05, 0.1) is 12.1 Å². The topological polar surface area (TPSA) is 67.1 Å². The summed E-state index contributed by atoms with van der Waals surface area (Å²) in [5, 5.41) is 14.3. The number of aromatic nitrogens is 3. The van der Waals surface area contributed by atoms with Crippen molar-refractivity contribution in [3.63, 3.8) is 0 Å². The largest absolute Gasteiger partial charge is 0.416 e. The summed E-state index contributed by atoms with van der Waals surface area (Å²) in [6, 6.07) is 2.63. The minimum atomic E-state index is -4.63. The first-order chi connectivity index (χ1) is 13.4. The molecule has 2 heterocycles. The molecule has 0 amide bonds. The van der Waals surface area contributed by atoms with Crippen LogP contribution in [0.1, 0.15) is 42.0 Å². The molecule has 29 heavy (non-hydrogen) atoms. The fourth-order valence-corrected chi connectivity index (χ4v) is 3.21. The van der Waals surface area contributed by atoms with Crippen LogP contribution in [-0.2, 0) is 32.2 Å². The summed E-state index contributed by atoms with van der Waals surface area (Å²) in [5.74, 6) is 1.12. The van der Waals surface area contributed by atoms with Gasteiger partial charge in [-0.1, -0.05) is 12.5 Å². The standard InChI is InChI=1S/C18H22F4N6.HI/c1-23-17(24-10-12-6-7-13(19)9-14(12)18(20,21)22)25-11-16-27-26-15-5-3-2-4-8-28(15)16;/h6-7,9H,2-5,8,10-11H2,1H3,(H2,23,24,25);1H. The summed E-state index contributed by atoms with van der Waals surface area (Å²) in [6.07, 6.45) is -0.428. The van der Waals surface area contributed by atoms with E-state index in [-0.39, 0.29) is 36.1 Å². The second-order valence-corrected chi connectivity index (χ2v) is 6.57. The molecule has 0 fully saturated rings. The summed E-state index contributed by atoms with van der Waals surface area (Å²) in [4.78, 5) is 4.02. The average molecular weight is 526 g/mol. The Morgan fingerprint density at radius 3 is 2.62 bits per heavy atom. The van der Waals surface area contributed by atoms with Gasteiger partial charge in [0.1, 0.15) is 11.6 Å². The molecule has 3 rings (SSSR count). The molecule has 0 saturated carbocycles. The van der Waals surface area contributed by atoms with Crippen LogP contribution < -0.4 is 10.6 Å². The van der Waals surface area contributed by atoms with E-state index in [0.717, 1.165) is 56.0 Å². The van der Waals surface area contributed by atoms with Crippen LogP contribution in [0.3, 0.4) is 0 Å². The van der Waals surface area contributed by atoms with E-state index < -0.39 is 17.6 Å². The lowest BCUT2D eigenvalue weighted by Gasteiger charge is -2.16. The van der Waals surface area contributed by atoms with Crippen LogP contribution >= 0.6 is 24.0 Å². The van der Waals surface area contributed by atoms with Crippen molar-refractivity contribution in [1.82, 2.24) is 25.4 Å². The van der Waals surface area contributed by atoms with E-state index in [1.54, 1.807) is 0 Å². The first kappa shape index (κ1) is 23.4. The highest BCUT2D eigenvalue weighted by Gasteiger charge is 2.33. The van der Waals surface area contributed by atoms with Gasteiger partial charge in [-0.25, -0.2) is 4.39 Å². The van der Waals surface area contributed by atoms with Crippen molar-refractivity contribution >= 4 is 29.9 Å². The highest BCUT2D eigenvalue weighted by Crippen LogP contribution is 2.32. The molecule has 11 heteroatoms. The number of halogens is 5. The molecule has 0 bridgehead atoms. The molecule has 0 saturated heterocycles. The Morgan fingerprint density at radius 2 is 1.90 bits per heavy atom. The van der Waals surface area contributed by atoms with E-state index in [9.17, 15) is 17.6 Å². The monoisotopic (exact) mass is 526 g/mol. The lowest BCUT2D eigenvalue weighted by atomic mass is 10.1. The fourth-order valence-electron chi connectivity index (χ4n) is 3.21. The first-order valence-electron chi connectivity index (χ1n) is 9.09. The lowest BCUT2D eigenvalue weighted by Crippen LogP contribution is -2.37. The number of aliphatic imine (C=N–C) groups is 1. The van der Waals surface area contributed by atoms with Gasteiger partial charge in [-0.2, -0.15) is 13.2 Å². The molecule has 1 aromatic carbocycles. The Labute approximate surface area is 183 Å². The lowest BCUT2D eigenvalue weighted by molar-refractivity contribution is -0.138. The number of nitrogens with one attached hydrogen (secondary N) is 2. The normalized spacial score (nSPS) is 14.6. The second-order valence-electron chi connectivity index (χ2n) is 6.57. The third-order valence-electron chi connectivity index (χ3n) is 4.65. The molecule has 0 spiro atoms. The van der Waals surface area contributed by atoms with Crippen molar-refractivity contribution < 1.29 is 17.6 Å². The van der Waals surface area contributed by atoms with Crippen LogP contribution in [0, 0.1) is 5.82 Å². The zero-order valence-corrected chi connectivity index (χ0v) is 18.2. The van der Waals surface area contributed by atoms with Crippen molar-refractivity contribution in [2.45, 2.75) is 51.5 Å². The predicted molar refractivity (Wildman–Crippen MR) is 111 cm³/mol. The Bertz CT molecular complexity index is 849. The highest BCUT2D eigenvalue weighted by molar-refractivity contribution is 14.0. The van der Waals surface area contributed by atoms with Gasteiger partial charge in [-0.3, -0.25) is 4.99 Å². The molecule has 2 aromatic rings. The molecule has 0 radical (unpaired) electrons. The molecule has 0 atom stereocenters. The van der Waals surface area contributed by atoms with Gasteiger partial charge >= 0.3 is 6.18 Å². The number of hydrogen-bond donors (Lipinski definition) is 2. The number of hydrogen-bond acceptors (Lipinski definition) is 3. The summed E-state index contributed by atoms with van der Waals surface area (Å²) in [5.41, 5.74) is -1.06. The molecule has 0 unspecified atom stereocenters. The summed E-state index contributed by atoms with van der Waals surface area (Å²) < 4.78 is 54.6. The van der Waals surface area contributed by atoms with E-state index in [1.165, 1.54) is 7.05 Å². The first-order valence-corrected chi connectivity index (χ1v) is 9.09. The zero-order valence-electron chi connectivity index (χ0n) is 15.9. The fraction of sp³-hybridized carbons (Fsp3) is 0.500. The Morgan fingerprint density at radius 1 is 1.14 bits per heavy atom. The van der Waals surface area contributed by atoms with Gasteiger partial charge in [0.2, 0.25) is 0 Å². The molecule has 1 aromatic heterocycles. The molecule has 1 aliphatic heterocycles. The maximum absolute atomic E-state index is 13.2. The second kappa shape index (κ2) is 10.2. The third-order valence-corrected chi connectivity index (χ3v) is 4.65. The smallest absolute Gasteiger partial charge is 0.352 e. The number of rotatable bonds is 4. The van der Waals surface area contributed by atoms with Crippen LogP contribution in [0.5, 0.6) is 0 Å². The van der Waals surface area contributed by atoms with Crippen LogP contribution in [-0.4, -0.2) is 27.8 Å². The molecular weight excluding hydrogens is 503 g/mol. The van der Waals surface area contributed by atoms with Crippen LogP contribution in [0.15, 0.2) is 23.2 Å². The number of fused-ring (bicyclic) bond motifs is 1. The van der Waals surface area contributed by atoms with Crippen molar-refractivity contribution in [3.05, 3.63) is 46.8 Å². The van der Waals surface area contributed by atoms with Crippen molar-refractivity contribution in [2.75, 3.05) is 7.05 Å². The van der Waals surface area contributed by atoms with Gasteiger partial charge < -0.3 is 15.2 Å². The Kier molecular flexibility index (Phi) is 8.23. The van der Waals surface area contributed by atoms with Gasteiger partial charge in [0.15, 0.2) is 11.8 Å². The maximum Gasteiger partial charge on any atom is 0.416 e. The number of nitrogens with zero attached hydrogens (tertiary/aromatic N) is 4. The van der Waals surface area contributed by atoms with E-state index >= 15 is 0 Å². The molecule has 1 aliphatic rings. The molecule has 160 valence electrons. The number of benzene rings is 1. The van der Waals surface area contributed by atoms with Crippen LogP contribution in [0.4, 0.5) is 17.6 Å². The van der Waals surface area contributed by atoms with Crippen LogP contribution in [0.25, 0.3) is 0 Å². The summed E-state index contributed by atoms with van der Waals surface area (Å²) in [7, 11) is 1.52. The van der Waals surface area contributed by atoms with Gasteiger partial charge in [0, 0.05) is 26.6 Å². The van der Waals surface area contributed by atoms with E-state index in [1.807, 2.05) is 0 Å². The minimum absolute atomic E-state index is 0. The molecule has 6 nitrogen and oxygen atoms in total. The Balaban J connectivity index is 0.00000300. The van der Waals surface area contributed by atoms with Gasteiger partial charge in [-0.15, -0.1) is 34.2 Å². The zero-order chi connectivity index (χ0) is 20.1. The number of aryl methyl sites for hydroxylation is 1. The van der Waals surface area contributed by atoms with Crippen molar-refractivity contribution in [2.24, 2.45) is 4.99 Å². The predicted octanol–water partition coefficient (Wildman–Crippen LogP) is 3.65. The number of guanidine groups is 1. The quantitative estimate of drug-likeness (QED) is 0.277. The SMILES string of the molecule is CN=C(NCc1ccc(F)cc1C(F)(F)F)NCc1nnc2n1CCCCC2.I. The summed E-state index contributed by atoms with van der Waals surface area (Å²) >= 11 is 0. The van der Waals surface area contributed by atoms with Crippen LogP contribution in [0.2, 0.25) is 0 Å².